The number of hydrogen-bond acceptors (Lipinski definition) is 3. The van der Waals surface area contributed by atoms with Gasteiger partial charge in [0.2, 0.25) is 0 Å². The minimum absolute atomic E-state index is 0.0676. The molecule has 17 heavy (non-hydrogen) atoms. The van der Waals surface area contributed by atoms with Crippen molar-refractivity contribution in [3.8, 4) is 0 Å². The molecule has 0 radical (unpaired) electrons. The maximum Gasteiger partial charge on any atom is 0.0762 e. The van der Waals surface area contributed by atoms with E-state index >= 15 is 0 Å². The van der Waals surface area contributed by atoms with Crippen molar-refractivity contribution in [3.05, 3.63) is 18.0 Å². The number of aromatic nitrogens is 2. The Morgan fingerprint density at radius 2 is 2.35 bits per heavy atom. The maximum atomic E-state index is 9.44. The molecule has 96 valence electrons. The van der Waals surface area contributed by atoms with Gasteiger partial charge < -0.3 is 10.4 Å². The fourth-order valence-electron chi connectivity index (χ4n) is 2.40. The van der Waals surface area contributed by atoms with Crippen molar-refractivity contribution in [1.29, 1.82) is 0 Å². The first kappa shape index (κ1) is 12.6. The van der Waals surface area contributed by atoms with Crippen molar-refractivity contribution in [2.75, 3.05) is 6.54 Å². The molecule has 0 aliphatic heterocycles. The Bertz CT molecular complexity index is 348. The monoisotopic (exact) mass is 237 g/mol. The molecule has 1 aromatic heterocycles. The SMILES string of the molecule is CC(C)n1ccc(CNCC2CCC(O)C2)n1. The van der Waals surface area contributed by atoms with Crippen LogP contribution in [-0.2, 0) is 6.54 Å². The van der Waals surface area contributed by atoms with Crippen LogP contribution in [0, 0.1) is 5.92 Å². The summed E-state index contributed by atoms with van der Waals surface area (Å²) in [6.45, 7) is 6.08. The van der Waals surface area contributed by atoms with Crippen LogP contribution in [0.3, 0.4) is 0 Å². The zero-order valence-corrected chi connectivity index (χ0v) is 10.8. The molecule has 0 amide bonds. The molecule has 1 heterocycles. The van der Waals surface area contributed by atoms with E-state index in [1.165, 1.54) is 0 Å². The highest BCUT2D eigenvalue weighted by Crippen LogP contribution is 2.24. The molecular formula is C13H23N3O. The normalized spacial score (nSPS) is 24.7. The van der Waals surface area contributed by atoms with Gasteiger partial charge in [0, 0.05) is 18.8 Å². The van der Waals surface area contributed by atoms with E-state index in [0.717, 1.165) is 38.0 Å². The van der Waals surface area contributed by atoms with E-state index < -0.39 is 0 Å². The molecule has 0 bridgehead atoms. The number of nitrogens with one attached hydrogen (secondary N) is 1. The van der Waals surface area contributed by atoms with Gasteiger partial charge in [-0.3, -0.25) is 4.68 Å². The largest absolute Gasteiger partial charge is 0.393 e. The summed E-state index contributed by atoms with van der Waals surface area (Å²) in [4.78, 5) is 0. The molecule has 0 saturated heterocycles. The van der Waals surface area contributed by atoms with Crippen LogP contribution in [0.25, 0.3) is 0 Å². The lowest BCUT2D eigenvalue weighted by molar-refractivity contribution is 0.177. The molecule has 2 unspecified atom stereocenters. The first-order valence-corrected chi connectivity index (χ1v) is 6.58. The molecule has 1 aliphatic rings. The second kappa shape index (κ2) is 5.65. The fraction of sp³-hybridized carbons (Fsp3) is 0.769. The van der Waals surface area contributed by atoms with Crippen molar-refractivity contribution in [1.82, 2.24) is 15.1 Å². The average molecular weight is 237 g/mol. The van der Waals surface area contributed by atoms with Crippen molar-refractivity contribution in [2.45, 2.75) is 51.8 Å². The van der Waals surface area contributed by atoms with E-state index in [2.05, 4.69) is 30.3 Å². The van der Waals surface area contributed by atoms with Crippen LogP contribution in [0.1, 0.15) is 44.8 Å². The molecule has 2 rings (SSSR count). The summed E-state index contributed by atoms with van der Waals surface area (Å²) in [5.41, 5.74) is 1.09. The Kier molecular flexibility index (Phi) is 4.18. The molecule has 4 nitrogen and oxygen atoms in total. The highest BCUT2D eigenvalue weighted by Gasteiger charge is 2.22. The van der Waals surface area contributed by atoms with E-state index in [-0.39, 0.29) is 6.10 Å². The second-order valence-electron chi connectivity index (χ2n) is 5.34. The molecule has 1 saturated carbocycles. The third-order valence-corrected chi connectivity index (χ3v) is 3.45. The summed E-state index contributed by atoms with van der Waals surface area (Å²) in [5, 5.41) is 17.4. The predicted molar refractivity (Wildman–Crippen MR) is 67.7 cm³/mol. The van der Waals surface area contributed by atoms with Gasteiger partial charge in [-0.1, -0.05) is 0 Å². The lowest BCUT2D eigenvalue weighted by Crippen LogP contribution is -2.21. The molecular weight excluding hydrogens is 214 g/mol. The molecule has 1 aliphatic carbocycles. The Balaban J connectivity index is 1.70. The summed E-state index contributed by atoms with van der Waals surface area (Å²) in [7, 11) is 0. The highest BCUT2D eigenvalue weighted by molar-refractivity contribution is 4.99. The van der Waals surface area contributed by atoms with Gasteiger partial charge in [0.15, 0.2) is 0 Å². The Morgan fingerprint density at radius 3 is 2.94 bits per heavy atom. The summed E-state index contributed by atoms with van der Waals surface area (Å²) in [6.07, 6.45) is 5.03. The van der Waals surface area contributed by atoms with Crippen LogP contribution in [0.4, 0.5) is 0 Å². The fourth-order valence-corrected chi connectivity index (χ4v) is 2.40. The Morgan fingerprint density at radius 1 is 1.53 bits per heavy atom. The van der Waals surface area contributed by atoms with Gasteiger partial charge in [-0.2, -0.15) is 5.10 Å². The average Bonchev–Trinajstić information content (AvgIpc) is 2.88. The quantitative estimate of drug-likeness (QED) is 0.819. The Hall–Kier alpha value is -0.870. The maximum absolute atomic E-state index is 9.44. The van der Waals surface area contributed by atoms with Gasteiger partial charge in [0.05, 0.1) is 11.8 Å². The van der Waals surface area contributed by atoms with E-state index in [0.29, 0.717) is 12.0 Å². The number of rotatable bonds is 5. The van der Waals surface area contributed by atoms with Crippen LogP contribution < -0.4 is 5.32 Å². The van der Waals surface area contributed by atoms with E-state index in [1.807, 2.05) is 10.9 Å². The minimum atomic E-state index is -0.0676. The first-order valence-electron chi connectivity index (χ1n) is 6.58. The highest BCUT2D eigenvalue weighted by atomic mass is 16.3. The van der Waals surface area contributed by atoms with Crippen molar-refractivity contribution < 1.29 is 5.11 Å². The zero-order valence-electron chi connectivity index (χ0n) is 10.8. The molecule has 0 aromatic carbocycles. The summed E-state index contributed by atoms with van der Waals surface area (Å²) < 4.78 is 1.98. The van der Waals surface area contributed by atoms with E-state index in [4.69, 9.17) is 0 Å². The number of aliphatic hydroxyl groups is 1. The van der Waals surface area contributed by atoms with Gasteiger partial charge in [0.25, 0.3) is 0 Å². The summed E-state index contributed by atoms with van der Waals surface area (Å²) >= 11 is 0. The smallest absolute Gasteiger partial charge is 0.0762 e. The third-order valence-electron chi connectivity index (χ3n) is 3.45. The van der Waals surface area contributed by atoms with Crippen LogP contribution >= 0.6 is 0 Å². The van der Waals surface area contributed by atoms with Gasteiger partial charge in [-0.15, -0.1) is 0 Å². The lowest BCUT2D eigenvalue weighted by Gasteiger charge is -2.09. The summed E-state index contributed by atoms with van der Waals surface area (Å²) in [5.74, 6) is 0.636. The number of hydrogen-bond donors (Lipinski definition) is 2. The van der Waals surface area contributed by atoms with Gasteiger partial charge in [-0.05, 0) is 51.6 Å². The minimum Gasteiger partial charge on any atom is -0.393 e. The predicted octanol–water partition coefficient (Wildman–Crippen LogP) is 1.71. The van der Waals surface area contributed by atoms with Crippen molar-refractivity contribution >= 4 is 0 Å². The van der Waals surface area contributed by atoms with Crippen molar-refractivity contribution in [3.63, 3.8) is 0 Å². The number of aliphatic hydroxyl groups excluding tert-OH is 1. The van der Waals surface area contributed by atoms with Crippen LogP contribution in [0.2, 0.25) is 0 Å². The van der Waals surface area contributed by atoms with Crippen LogP contribution in [0.5, 0.6) is 0 Å². The first-order chi connectivity index (χ1) is 8.15. The lowest BCUT2D eigenvalue weighted by atomic mass is 10.1. The third kappa shape index (κ3) is 3.54. The van der Waals surface area contributed by atoms with Gasteiger partial charge >= 0.3 is 0 Å². The van der Waals surface area contributed by atoms with Crippen molar-refractivity contribution in [2.24, 2.45) is 5.92 Å². The Labute approximate surface area is 103 Å². The molecule has 1 fully saturated rings. The van der Waals surface area contributed by atoms with Gasteiger partial charge in [-0.25, -0.2) is 0 Å². The van der Waals surface area contributed by atoms with Crippen LogP contribution in [-0.4, -0.2) is 27.5 Å². The van der Waals surface area contributed by atoms with Gasteiger partial charge in [0.1, 0.15) is 0 Å². The standard InChI is InChI=1S/C13H23N3O/c1-10(2)16-6-5-12(15-16)9-14-8-11-3-4-13(17)7-11/h5-6,10-11,13-14,17H,3-4,7-9H2,1-2H3. The zero-order chi connectivity index (χ0) is 12.3. The molecule has 0 spiro atoms. The topological polar surface area (TPSA) is 50.1 Å². The molecule has 1 aromatic rings. The molecule has 4 heteroatoms. The molecule has 2 N–H and O–H groups in total. The van der Waals surface area contributed by atoms with Crippen LogP contribution in [0.15, 0.2) is 12.3 Å². The molecule has 2 atom stereocenters. The second-order valence-corrected chi connectivity index (χ2v) is 5.34. The van der Waals surface area contributed by atoms with E-state index in [1.54, 1.807) is 0 Å². The number of nitrogens with zero attached hydrogens (tertiary/aromatic N) is 2. The summed E-state index contributed by atoms with van der Waals surface area (Å²) in [6, 6.07) is 2.49. The van der Waals surface area contributed by atoms with E-state index in [9.17, 15) is 5.11 Å².